The predicted molar refractivity (Wildman–Crippen MR) is 68.6 cm³/mol. The zero-order valence-corrected chi connectivity index (χ0v) is 12.3. The Morgan fingerprint density at radius 3 is 3.00 bits per heavy atom. The quantitative estimate of drug-likeness (QED) is 0.514. The van der Waals surface area contributed by atoms with Crippen molar-refractivity contribution in [1.29, 1.82) is 0 Å². The first-order chi connectivity index (χ1) is 9.63. The third kappa shape index (κ3) is 4.42. The normalized spacial score (nSPS) is 22.5. The topological polar surface area (TPSA) is 107 Å². The second kappa shape index (κ2) is 8.34. The molecule has 0 bridgehead atoms. The van der Waals surface area contributed by atoms with Crippen molar-refractivity contribution < 1.29 is 33.5 Å². The van der Waals surface area contributed by atoms with E-state index in [2.05, 4.69) is 15.3 Å². The molecule has 8 heteroatoms. The fourth-order valence-corrected chi connectivity index (χ4v) is 2.79. The van der Waals surface area contributed by atoms with Gasteiger partial charge in [0.2, 0.25) is 0 Å². The van der Waals surface area contributed by atoms with Crippen molar-refractivity contribution >= 4 is 5.97 Å². The fourth-order valence-electron chi connectivity index (χ4n) is 2.79. The van der Waals surface area contributed by atoms with Gasteiger partial charge in [-0.1, -0.05) is 6.42 Å². The van der Waals surface area contributed by atoms with E-state index >= 15 is 0 Å². The first-order valence-electron chi connectivity index (χ1n) is 6.63. The van der Waals surface area contributed by atoms with Gasteiger partial charge in [-0.25, -0.2) is 0 Å². The van der Waals surface area contributed by atoms with Crippen LogP contribution in [0.2, 0.25) is 0 Å². The number of nitrogens with zero attached hydrogens (tertiary/aromatic N) is 1. The third-order valence-corrected chi connectivity index (χ3v) is 3.76. The molecule has 21 heavy (non-hydrogen) atoms. The molecular formula is C13H18LiN3O4. The molecule has 1 fully saturated rings. The number of carbonyl (C=O) groups is 1. The summed E-state index contributed by atoms with van der Waals surface area (Å²) in [5.74, 6) is -1.34. The van der Waals surface area contributed by atoms with Crippen LogP contribution < -0.4 is 34.8 Å². The zero-order chi connectivity index (χ0) is 14.5. The molecule has 1 heterocycles. The molecule has 0 radical (unpaired) electrons. The number of rotatable bonds is 6. The van der Waals surface area contributed by atoms with Crippen molar-refractivity contribution in [1.82, 2.24) is 15.3 Å². The van der Waals surface area contributed by atoms with Crippen LogP contribution in [0.3, 0.4) is 0 Å². The van der Waals surface area contributed by atoms with Gasteiger partial charge in [-0.3, -0.25) is 9.78 Å². The summed E-state index contributed by atoms with van der Waals surface area (Å²) in [4.78, 5) is 29.1. The summed E-state index contributed by atoms with van der Waals surface area (Å²) < 4.78 is 5.02. The van der Waals surface area contributed by atoms with Crippen molar-refractivity contribution in [3.8, 4) is 0 Å². The smallest absolute Gasteiger partial charge is 0.547 e. The minimum atomic E-state index is -1.19. The van der Waals surface area contributed by atoms with Crippen molar-refractivity contribution in [3.63, 3.8) is 0 Å². The Morgan fingerprint density at radius 2 is 2.38 bits per heavy atom. The molecule has 1 aliphatic carbocycles. The zero-order valence-electron chi connectivity index (χ0n) is 12.3. The number of hydrogen-bond acceptors (Lipinski definition) is 6. The molecular weight excluding hydrogens is 269 g/mol. The average Bonchev–Trinajstić information content (AvgIpc) is 2.86. The number of H-pyrrole nitrogens is 1. The van der Waals surface area contributed by atoms with Crippen molar-refractivity contribution in [2.75, 3.05) is 7.11 Å². The van der Waals surface area contributed by atoms with Crippen LogP contribution in [-0.2, 0) is 16.1 Å². The Labute approximate surface area is 134 Å². The van der Waals surface area contributed by atoms with Gasteiger partial charge in [0.05, 0.1) is 5.97 Å². The number of aliphatic carboxylic acids is 1. The Morgan fingerprint density at radius 1 is 1.62 bits per heavy atom. The molecule has 0 saturated heterocycles. The van der Waals surface area contributed by atoms with E-state index < -0.39 is 12.1 Å². The number of nitrogens with one attached hydrogen (secondary N) is 2. The Kier molecular flexibility index (Phi) is 7.12. The molecule has 3 atom stereocenters. The van der Waals surface area contributed by atoms with Crippen molar-refractivity contribution in [2.45, 2.75) is 38.0 Å². The molecule has 7 nitrogen and oxygen atoms in total. The summed E-state index contributed by atoms with van der Waals surface area (Å²) in [6.07, 6.45) is 4.61. The van der Waals surface area contributed by atoms with Crippen LogP contribution in [0.25, 0.3) is 0 Å². The summed E-state index contributed by atoms with van der Waals surface area (Å²) >= 11 is 0. The number of carboxylic acids is 1. The maximum Gasteiger partial charge on any atom is 1.00 e. The van der Waals surface area contributed by atoms with Crippen LogP contribution in [0.5, 0.6) is 0 Å². The molecule has 1 saturated carbocycles. The van der Waals surface area contributed by atoms with E-state index in [1.165, 1.54) is 19.5 Å². The van der Waals surface area contributed by atoms with E-state index in [1.54, 1.807) is 0 Å². The molecule has 2 N–H and O–H groups in total. The molecule has 110 valence electrons. The van der Waals surface area contributed by atoms with E-state index in [9.17, 15) is 14.7 Å². The maximum atomic E-state index is 11.5. The summed E-state index contributed by atoms with van der Waals surface area (Å²) in [6, 6.07) is -0.0146. The molecule has 1 aromatic heterocycles. The summed E-state index contributed by atoms with van der Waals surface area (Å²) in [7, 11) is 1.37. The van der Waals surface area contributed by atoms with Crippen LogP contribution in [0.1, 0.15) is 25.0 Å². The van der Waals surface area contributed by atoms with E-state index in [0.29, 0.717) is 12.2 Å². The second-order valence-electron chi connectivity index (χ2n) is 4.92. The number of hydrogen-bond donors (Lipinski definition) is 2. The van der Waals surface area contributed by atoms with Gasteiger partial charge in [-0.05, 0) is 12.8 Å². The Balaban J connectivity index is 0.00000220. The van der Waals surface area contributed by atoms with Gasteiger partial charge >= 0.3 is 18.9 Å². The average molecular weight is 287 g/mol. The predicted octanol–water partition coefficient (Wildman–Crippen LogP) is -4.20. The van der Waals surface area contributed by atoms with E-state index in [1.807, 2.05) is 0 Å². The molecule has 0 aromatic carbocycles. The Hall–Kier alpha value is -1.13. The summed E-state index contributed by atoms with van der Waals surface area (Å²) in [5.41, 5.74) is 0.151. The standard InChI is InChI=1S/C13H19N3O4.Li/c1-20-11(13(18)19)8-3-2-4-9(8)16-7-10-12(17)15-6-5-14-10;/h5-6,8-9,11,16H,2-4,7H2,1H3,(H,15,17)(H,18,19);/q;+1/p-1. The van der Waals surface area contributed by atoms with Crippen molar-refractivity contribution in [3.05, 3.63) is 28.4 Å². The van der Waals surface area contributed by atoms with Crippen LogP contribution in [-0.4, -0.2) is 35.2 Å². The molecule has 1 aromatic rings. The Bertz CT molecular complexity index is 522. The van der Waals surface area contributed by atoms with Gasteiger partial charge in [-0.2, -0.15) is 0 Å². The van der Waals surface area contributed by atoms with Gasteiger partial charge in [0, 0.05) is 38.0 Å². The molecule has 3 unspecified atom stereocenters. The largest absolute Gasteiger partial charge is 1.00 e. The number of carboxylic acid groups (broad SMARTS) is 1. The molecule has 2 rings (SSSR count). The van der Waals surface area contributed by atoms with Gasteiger partial charge in [0.1, 0.15) is 11.8 Å². The van der Waals surface area contributed by atoms with Crippen molar-refractivity contribution in [2.24, 2.45) is 5.92 Å². The molecule has 1 aliphatic rings. The minimum absolute atomic E-state index is 0. The summed E-state index contributed by atoms with van der Waals surface area (Å²) in [6.45, 7) is 0.306. The number of aromatic amines is 1. The van der Waals surface area contributed by atoms with Gasteiger partial charge in [0.15, 0.2) is 0 Å². The molecule has 0 amide bonds. The van der Waals surface area contributed by atoms with Gasteiger partial charge in [-0.15, -0.1) is 0 Å². The molecule has 0 spiro atoms. The SMILES string of the molecule is COC(C(=O)[O-])C1CCCC1NCc1ncc[nH]c1=O.[Li+]. The minimum Gasteiger partial charge on any atom is -0.547 e. The number of methoxy groups -OCH3 is 1. The van der Waals surface area contributed by atoms with Gasteiger partial charge in [0.25, 0.3) is 5.56 Å². The maximum absolute atomic E-state index is 11.5. The first-order valence-corrected chi connectivity index (χ1v) is 6.63. The third-order valence-electron chi connectivity index (χ3n) is 3.76. The van der Waals surface area contributed by atoms with Crippen LogP contribution in [0.4, 0.5) is 0 Å². The molecule has 0 aliphatic heterocycles. The summed E-state index contributed by atoms with van der Waals surface area (Å²) in [5, 5.41) is 14.3. The van der Waals surface area contributed by atoms with Crippen LogP contribution >= 0.6 is 0 Å². The number of ether oxygens (including phenoxy) is 1. The number of carbonyl (C=O) groups excluding carboxylic acids is 1. The van der Waals surface area contributed by atoms with E-state index in [4.69, 9.17) is 4.74 Å². The van der Waals surface area contributed by atoms with Gasteiger partial charge < -0.3 is 24.9 Å². The number of aromatic nitrogens is 2. The van der Waals surface area contributed by atoms with Crippen LogP contribution in [0.15, 0.2) is 17.2 Å². The monoisotopic (exact) mass is 287 g/mol. The van der Waals surface area contributed by atoms with Crippen LogP contribution in [0, 0.1) is 5.92 Å². The second-order valence-corrected chi connectivity index (χ2v) is 4.92. The van der Waals surface area contributed by atoms with E-state index in [-0.39, 0.29) is 36.4 Å². The first kappa shape index (κ1) is 17.9. The van der Waals surface area contributed by atoms with E-state index in [0.717, 1.165) is 19.3 Å². The fraction of sp³-hybridized carbons (Fsp3) is 0.615.